The monoisotopic (exact) mass is 333 g/mol. The van der Waals surface area contributed by atoms with E-state index < -0.39 is 0 Å². The largest absolute Gasteiger partial charge is 0.378 e. The summed E-state index contributed by atoms with van der Waals surface area (Å²) >= 11 is 0. The lowest BCUT2D eigenvalue weighted by atomic mass is 9.96. The third-order valence-electron chi connectivity index (χ3n) is 4.49. The van der Waals surface area contributed by atoms with Crippen molar-refractivity contribution in [2.24, 2.45) is 0 Å². The van der Waals surface area contributed by atoms with Gasteiger partial charge in [-0.3, -0.25) is 0 Å². The first-order valence-corrected chi connectivity index (χ1v) is 8.19. The van der Waals surface area contributed by atoms with Crippen LogP contribution in [-0.2, 0) is 4.74 Å². The van der Waals surface area contributed by atoms with E-state index in [1.807, 2.05) is 12.1 Å². The first kappa shape index (κ1) is 15.6. The van der Waals surface area contributed by atoms with E-state index in [4.69, 9.17) is 4.74 Å². The van der Waals surface area contributed by atoms with Crippen molar-refractivity contribution in [1.29, 1.82) is 5.26 Å². The van der Waals surface area contributed by atoms with Crippen molar-refractivity contribution >= 4 is 16.6 Å². The van der Waals surface area contributed by atoms with Crippen molar-refractivity contribution in [2.75, 3.05) is 31.2 Å². The number of hydrogen-bond acceptors (Lipinski definition) is 4. The molecule has 3 aromatic rings. The summed E-state index contributed by atoms with van der Waals surface area (Å²) in [4.78, 5) is 6.77. The highest BCUT2D eigenvalue weighted by Crippen LogP contribution is 2.36. The first-order chi connectivity index (χ1) is 12.3. The average Bonchev–Trinajstić information content (AvgIpc) is 2.68. The van der Waals surface area contributed by atoms with E-state index in [1.54, 1.807) is 30.5 Å². The van der Waals surface area contributed by atoms with Crippen LogP contribution in [0.2, 0.25) is 0 Å². The fourth-order valence-electron chi connectivity index (χ4n) is 3.29. The quantitative estimate of drug-likeness (QED) is 0.717. The van der Waals surface area contributed by atoms with Crippen LogP contribution in [-0.4, -0.2) is 31.3 Å². The Balaban J connectivity index is 2.00. The van der Waals surface area contributed by atoms with E-state index in [0.29, 0.717) is 29.9 Å². The van der Waals surface area contributed by atoms with Gasteiger partial charge in [-0.25, -0.2) is 9.37 Å². The lowest BCUT2D eigenvalue weighted by Crippen LogP contribution is -2.36. The highest BCUT2D eigenvalue weighted by Gasteiger charge is 2.19. The number of nitriles is 1. The molecule has 2 heterocycles. The third-order valence-corrected chi connectivity index (χ3v) is 4.49. The van der Waals surface area contributed by atoms with Crippen LogP contribution < -0.4 is 4.90 Å². The summed E-state index contributed by atoms with van der Waals surface area (Å²) in [5.41, 5.74) is 1.62. The van der Waals surface area contributed by atoms with E-state index in [1.165, 1.54) is 6.07 Å². The Morgan fingerprint density at radius 1 is 1.04 bits per heavy atom. The van der Waals surface area contributed by atoms with E-state index >= 15 is 0 Å². The van der Waals surface area contributed by atoms with Crippen LogP contribution in [0.25, 0.3) is 21.9 Å². The highest BCUT2D eigenvalue weighted by atomic mass is 19.1. The van der Waals surface area contributed by atoms with Crippen molar-refractivity contribution in [2.45, 2.75) is 0 Å². The Labute approximate surface area is 145 Å². The minimum atomic E-state index is -0.322. The lowest BCUT2D eigenvalue weighted by Gasteiger charge is -2.29. The summed E-state index contributed by atoms with van der Waals surface area (Å²) in [7, 11) is 0. The molecule has 0 aliphatic carbocycles. The van der Waals surface area contributed by atoms with Gasteiger partial charge < -0.3 is 9.64 Å². The Bertz CT molecular complexity index is 974. The zero-order valence-electron chi connectivity index (χ0n) is 13.6. The Morgan fingerprint density at radius 2 is 1.84 bits per heavy atom. The molecule has 0 spiro atoms. The van der Waals surface area contributed by atoms with Gasteiger partial charge in [0.25, 0.3) is 0 Å². The molecule has 0 N–H and O–H groups in total. The molecule has 0 amide bonds. The van der Waals surface area contributed by atoms with Gasteiger partial charge in [0.15, 0.2) is 0 Å². The SMILES string of the molecule is N#Cc1cccc2c(N3CCOCC3)ncc(-c3ccccc3F)c12. The predicted molar refractivity (Wildman–Crippen MR) is 94.9 cm³/mol. The molecule has 0 saturated carbocycles. The molecule has 5 heteroatoms. The van der Waals surface area contributed by atoms with Crippen LogP contribution in [0.15, 0.2) is 48.7 Å². The van der Waals surface area contributed by atoms with E-state index in [-0.39, 0.29) is 5.82 Å². The molecule has 4 rings (SSSR count). The molecule has 0 unspecified atom stereocenters. The molecule has 1 saturated heterocycles. The van der Waals surface area contributed by atoms with Gasteiger partial charge in [-0.05, 0) is 12.1 Å². The summed E-state index contributed by atoms with van der Waals surface area (Å²) in [6.07, 6.45) is 1.67. The molecule has 1 aromatic heterocycles. The number of halogens is 1. The Kier molecular flexibility index (Phi) is 4.04. The number of morpholine rings is 1. The smallest absolute Gasteiger partial charge is 0.136 e. The summed E-state index contributed by atoms with van der Waals surface area (Å²) in [5.74, 6) is 0.493. The van der Waals surface area contributed by atoms with Crippen molar-refractivity contribution in [3.63, 3.8) is 0 Å². The topological polar surface area (TPSA) is 49.2 Å². The maximum atomic E-state index is 14.4. The van der Waals surface area contributed by atoms with E-state index in [0.717, 1.165) is 29.7 Å². The van der Waals surface area contributed by atoms with Crippen molar-refractivity contribution in [3.8, 4) is 17.2 Å². The van der Waals surface area contributed by atoms with Crippen molar-refractivity contribution < 1.29 is 9.13 Å². The molecular weight excluding hydrogens is 317 g/mol. The van der Waals surface area contributed by atoms with Crippen molar-refractivity contribution in [3.05, 3.63) is 60.0 Å². The second-order valence-electron chi connectivity index (χ2n) is 5.91. The van der Waals surface area contributed by atoms with Crippen LogP contribution >= 0.6 is 0 Å². The summed E-state index contributed by atoms with van der Waals surface area (Å²) in [6, 6.07) is 14.4. The van der Waals surface area contributed by atoms with E-state index in [2.05, 4.69) is 16.0 Å². The maximum Gasteiger partial charge on any atom is 0.136 e. The summed E-state index contributed by atoms with van der Waals surface area (Å²) < 4.78 is 19.8. The number of rotatable bonds is 2. The molecular formula is C20H16FN3O. The number of benzene rings is 2. The molecule has 0 bridgehead atoms. The maximum absolute atomic E-state index is 14.4. The number of ether oxygens (including phenoxy) is 1. The molecule has 0 atom stereocenters. The minimum Gasteiger partial charge on any atom is -0.378 e. The number of nitrogens with zero attached hydrogens (tertiary/aromatic N) is 3. The summed E-state index contributed by atoms with van der Waals surface area (Å²) in [6.45, 7) is 2.79. The minimum absolute atomic E-state index is 0.322. The molecule has 2 aromatic carbocycles. The third kappa shape index (κ3) is 2.71. The lowest BCUT2D eigenvalue weighted by molar-refractivity contribution is 0.122. The number of hydrogen-bond donors (Lipinski definition) is 0. The number of anilines is 1. The van der Waals surface area contributed by atoms with Crippen LogP contribution in [0, 0.1) is 17.1 Å². The van der Waals surface area contributed by atoms with Gasteiger partial charge in [0.05, 0.1) is 24.8 Å². The molecule has 124 valence electrons. The predicted octanol–water partition coefficient (Wildman–Crippen LogP) is 3.75. The van der Waals surface area contributed by atoms with Crippen LogP contribution in [0.4, 0.5) is 10.2 Å². The van der Waals surface area contributed by atoms with Crippen molar-refractivity contribution in [1.82, 2.24) is 4.98 Å². The summed E-state index contributed by atoms with van der Waals surface area (Å²) in [5, 5.41) is 11.2. The van der Waals surface area contributed by atoms with Gasteiger partial charge in [0.2, 0.25) is 0 Å². The van der Waals surface area contributed by atoms with Gasteiger partial charge in [-0.2, -0.15) is 5.26 Å². The normalized spacial score (nSPS) is 14.5. The van der Waals surface area contributed by atoms with Gasteiger partial charge >= 0.3 is 0 Å². The van der Waals surface area contributed by atoms with Gasteiger partial charge in [0.1, 0.15) is 11.6 Å². The fraction of sp³-hybridized carbons (Fsp3) is 0.200. The van der Waals surface area contributed by atoms with Crippen LogP contribution in [0.5, 0.6) is 0 Å². The average molecular weight is 333 g/mol. The molecule has 0 radical (unpaired) electrons. The van der Waals surface area contributed by atoms with Crippen LogP contribution in [0.1, 0.15) is 5.56 Å². The zero-order chi connectivity index (χ0) is 17.2. The molecule has 1 aliphatic rings. The van der Waals surface area contributed by atoms with Gasteiger partial charge in [-0.15, -0.1) is 0 Å². The first-order valence-electron chi connectivity index (χ1n) is 8.19. The molecule has 4 nitrogen and oxygen atoms in total. The standard InChI is InChI=1S/C20H16FN3O/c21-18-7-2-1-5-15(18)17-13-23-20(24-8-10-25-11-9-24)16-6-3-4-14(12-22)19(16)17/h1-7,13H,8-11H2. The number of aromatic nitrogens is 1. The van der Waals surface area contributed by atoms with E-state index in [9.17, 15) is 9.65 Å². The van der Waals surface area contributed by atoms with Crippen LogP contribution in [0.3, 0.4) is 0 Å². The van der Waals surface area contributed by atoms with Gasteiger partial charge in [-0.1, -0.05) is 30.3 Å². The number of pyridine rings is 1. The highest BCUT2D eigenvalue weighted by molar-refractivity contribution is 6.05. The molecule has 1 fully saturated rings. The Hall–Kier alpha value is -2.97. The number of fused-ring (bicyclic) bond motifs is 1. The Morgan fingerprint density at radius 3 is 2.60 bits per heavy atom. The second kappa shape index (κ2) is 6.50. The zero-order valence-corrected chi connectivity index (χ0v) is 13.6. The molecule has 25 heavy (non-hydrogen) atoms. The second-order valence-corrected chi connectivity index (χ2v) is 5.91. The van der Waals surface area contributed by atoms with Gasteiger partial charge in [0, 0.05) is 41.2 Å². The molecule has 1 aliphatic heterocycles. The fourth-order valence-corrected chi connectivity index (χ4v) is 3.29.